The third kappa shape index (κ3) is 2.94. The van der Waals surface area contributed by atoms with Crippen molar-refractivity contribution in [1.29, 1.82) is 0 Å². The summed E-state index contributed by atoms with van der Waals surface area (Å²) in [4.78, 5) is 16.3. The van der Waals surface area contributed by atoms with E-state index < -0.39 is 0 Å². The molecule has 0 aliphatic carbocycles. The third-order valence-electron chi connectivity index (χ3n) is 4.23. The van der Waals surface area contributed by atoms with E-state index >= 15 is 0 Å². The molecule has 1 N–H and O–H groups in total. The number of anilines is 1. The van der Waals surface area contributed by atoms with Gasteiger partial charge in [-0.1, -0.05) is 12.1 Å². The van der Waals surface area contributed by atoms with E-state index in [0.717, 1.165) is 4.88 Å². The number of benzene rings is 1. The Bertz CT molecular complexity index is 840. The third-order valence-corrected chi connectivity index (χ3v) is 5.35. The Kier molecular flexibility index (Phi) is 3.75. The molecule has 0 saturated carbocycles. The van der Waals surface area contributed by atoms with Crippen LogP contribution in [0.15, 0.2) is 47.5 Å². The van der Waals surface area contributed by atoms with E-state index in [0.29, 0.717) is 6.54 Å². The molecule has 0 spiro atoms. The van der Waals surface area contributed by atoms with Crippen LogP contribution in [0, 0.1) is 0 Å². The SMILES string of the molecule is O=c1[nH]ncn1Cc1ccc(-c2ccc(N3CCCC3)cc2)s1. The van der Waals surface area contributed by atoms with Gasteiger partial charge in [0.05, 0.1) is 6.54 Å². The molecule has 118 valence electrons. The number of aromatic amines is 1. The van der Waals surface area contributed by atoms with Crippen LogP contribution in [-0.4, -0.2) is 27.9 Å². The molecule has 1 aromatic carbocycles. The highest BCUT2D eigenvalue weighted by Gasteiger charge is 2.12. The highest BCUT2D eigenvalue weighted by atomic mass is 32.1. The molecule has 0 amide bonds. The Morgan fingerprint density at radius 1 is 1.09 bits per heavy atom. The van der Waals surface area contributed by atoms with Crippen LogP contribution in [0.3, 0.4) is 0 Å². The first-order valence-corrected chi connectivity index (χ1v) is 8.65. The lowest BCUT2D eigenvalue weighted by atomic mass is 10.1. The minimum atomic E-state index is -0.171. The van der Waals surface area contributed by atoms with Crippen molar-refractivity contribution in [1.82, 2.24) is 14.8 Å². The van der Waals surface area contributed by atoms with Crippen LogP contribution in [0.1, 0.15) is 17.7 Å². The van der Waals surface area contributed by atoms with Crippen LogP contribution in [0.5, 0.6) is 0 Å². The van der Waals surface area contributed by atoms with Crippen LogP contribution >= 0.6 is 11.3 Å². The van der Waals surface area contributed by atoms with Crippen LogP contribution in [-0.2, 0) is 6.54 Å². The molecule has 0 bridgehead atoms. The average molecular weight is 326 g/mol. The minimum Gasteiger partial charge on any atom is -0.372 e. The normalized spacial score (nSPS) is 14.5. The molecule has 0 radical (unpaired) electrons. The molecule has 0 unspecified atom stereocenters. The smallest absolute Gasteiger partial charge is 0.343 e. The van der Waals surface area contributed by atoms with Gasteiger partial charge in [-0.2, -0.15) is 5.10 Å². The van der Waals surface area contributed by atoms with Crippen molar-refractivity contribution in [3.8, 4) is 10.4 Å². The maximum Gasteiger partial charge on any atom is 0.343 e. The van der Waals surface area contributed by atoms with Crippen LogP contribution in [0.25, 0.3) is 10.4 Å². The van der Waals surface area contributed by atoms with Gasteiger partial charge in [0, 0.05) is 28.5 Å². The summed E-state index contributed by atoms with van der Waals surface area (Å²) in [6, 6.07) is 13.0. The molecule has 3 aromatic rings. The van der Waals surface area contributed by atoms with Gasteiger partial charge in [0.25, 0.3) is 0 Å². The standard InChI is InChI=1S/C17H18N4OS/c22-17-19-18-12-21(17)11-15-7-8-16(23-15)13-3-5-14(6-4-13)20-9-1-2-10-20/h3-8,12H,1-2,9-11H2,(H,19,22). The van der Waals surface area contributed by atoms with Crippen molar-refractivity contribution >= 4 is 17.0 Å². The molecule has 5 nitrogen and oxygen atoms in total. The molecule has 1 aliphatic heterocycles. The van der Waals surface area contributed by atoms with Gasteiger partial charge in [0.1, 0.15) is 6.33 Å². The molecule has 1 fully saturated rings. The number of thiophene rings is 1. The maximum absolute atomic E-state index is 11.5. The lowest BCUT2D eigenvalue weighted by molar-refractivity contribution is 0.772. The zero-order valence-corrected chi connectivity index (χ0v) is 13.6. The lowest BCUT2D eigenvalue weighted by Crippen LogP contribution is -2.17. The van der Waals surface area contributed by atoms with Crippen molar-refractivity contribution in [2.75, 3.05) is 18.0 Å². The second kappa shape index (κ2) is 6.04. The predicted molar refractivity (Wildman–Crippen MR) is 93.2 cm³/mol. The summed E-state index contributed by atoms with van der Waals surface area (Å²) in [7, 11) is 0. The highest BCUT2D eigenvalue weighted by molar-refractivity contribution is 7.15. The topological polar surface area (TPSA) is 53.9 Å². The summed E-state index contributed by atoms with van der Waals surface area (Å²) in [6.07, 6.45) is 4.12. The summed E-state index contributed by atoms with van der Waals surface area (Å²) >= 11 is 1.72. The fourth-order valence-corrected chi connectivity index (χ4v) is 3.99. The molecule has 1 saturated heterocycles. The molecular formula is C17H18N4OS. The van der Waals surface area contributed by atoms with Gasteiger partial charge in [-0.05, 0) is 42.7 Å². The lowest BCUT2D eigenvalue weighted by Gasteiger charge is -2.17. The second-order valence-electron chi connectivity index (χ2n) is 5.80. The Morgan fingerprint density at radius 3 is 2.57 bits per heavy atom. The van der Waals surface area contributed by atoms with E-state index in [1.807, 2.05) is 0 Å². The van der Waals surface area contributed by atoms with E-state index in [1.165, 1.54) is 48.4 Å². The summed E-state index contributed by atoms with van der Waals surface area (Å²) in [5.74, 6) is 0. The van der Waals surface area contributed by atoms with Gasteiger partial charge in [0.15, 0.2) is 0 Å². The van der Waals surface area contributed by atoms with Crippen molar-refractivity contribution in [2.45, 2.75) is 19.4 Å². The summed E-state index contributed by atoms with van der Waals surface area (Å²) in [5, 5.41) is 6.17. The largest absolute Gasteiger partial charge is 0.372 e. The number of nitrogens with one attached hydrogen (secondary N) is 1. The van der Waals surface area contributed by atoms with Gasteiger partial charge in [-0.3, -0.25) is 4.57 Å². The Balaban J connectivity index is 1.52. The van der Waals surface area contributed by atoms with Gasteiger partial charge < -0.3 is 4.90 Å². The highest BCUT2D eigenvalue weighted by Crippen LogP contribution is 2.30. The number of hydrogen-bond donors (Lipinski definition) is 1. The average Bonchev–Trinajstić information content (AvgIpc) is 3.31. The predicted octanol–water partition coefficient (Wildman–Crippen LogP) is 2.95. The summed E-state index contributed by atoms with van der Waals surface area (Å²) in [6.45, 7) is 2.90. The number of H-pyrrole nitrogens is 1. The summed E-state index contributed by atoms with van der Waals surface area (Å²) < 4.78 is 1.58. The van der Waals surface area contributed by atoms with E-state index in [1.54, 1.807) is 15.9 Å². The number of nitrogens with zero attached hydrogens (tertiary/aromatic N) is 3. The van der Waals surface area contributed by atoms with Crippen LogP contribution < -0.4 is 10.6 Å². The number of aromatic nitrogens is 3. The quantitative estimate of drug-likeness (QED) is 0.802. The molecule has 1 aliphatic rings. The zero-order chi connectivity index (χ0) is 15.6. The fourth-order valence-electron chi connectivity index (χ4n) is 2.98. The van der Waals surface area contributed by atoms with E-state index in [4.69, 9.17) is 0 Å². The van der Waals surface area contributed by atoms with Crippen molar-refractivity contribution < 1.29 is 0 Å². The van der Waals surface area contributed by atoms with Crippen LogP contribution in [0.4, 0.5) is 5.69 Å². The number of hydrogen-bond acceptors (Lipinski definition) is 4. The molecular weight excluding hydrogens is 308 g/mol. The molecule has 4 rings (SSSR count). The Hall–Kier alpha value is -2.34. The van der Waals surface area contributed by atoms with Crippen molar-refractivity contribution in [3.63, 3.8) is 0 Å². The van der Waals surface area contributed by atoms with Gasteiger partial charge in [-0.25, -0.2) is 9.89 Å². The minimum absolute atomic E-state index is 0.171. The Morgan fingerprint density at radius 2 is 1.87 bits per heavy atom. The van der Waals surface area contributed by atoms with Gasteiger partial charge >= 0.3 is 5.69 Å². The molecule has 0 atom stereocenters. The zero-order valence-electron chi connectivity index (χ0n) is 12.7. The first-order valence-electron chi connectivity index (χ1n) is 7.83. The van der Waals surface area contributed by atoms with E-state index in [2.05, 4.69) is 51.5 Å². The monoisotopic (exact) mass is 326 g/mol. The molecule has 3 heterocycles. The van der Waals surface area contributed by atoms with Crippen molar-refractivity contribution in [3.05, 3.63) is 58.1 Å². The molecule has 6 heteroatoms. The van der Waals surface area contributed by atoms with Gasteiger partial charge in [-0.15, -0.1) is 11.3 Å². The molecule has 23 heavy (non-hydrogen) atoms. The van der Waals surface area contributed by atoms with Crippen LogP contribution in [0.2, 0.25) is 0 Å². The Labute approximate surface area is 138 Å². The van der Waals surface area contributed by atoms with Gasteiger partial charge in [0.2, 0.25) is 0 Å². The first kappa shape index (κ1) is 14.3. The first-order chi connectivity index (χ1) is 11.3. The van der Waals surface area contributed by atoms with Crippen molar-refractivity contribution in [2.24, 2.45) is 0 Å². The van der Waals surface area contributed by atoms with E-state index in [9.17, 15) is 4.79 Å². The second-order valence-corrected chi connectivity index (χ2v) is 6.96. The fraction of sp³-hybridized carbons (Fsp3) is 0.294. The maximum atomic E-state index is 11.5. The number of rotatable bonds is 4. The molecule has 2 aromatic heterocycles. The van der Waals surface area contributed by atoms with E-state index in [-0.39, 0.29) is 5.69 Å². The summed E-state index contributed by atoms with van der Waals surface area (Å²) in [5.41, 5.74) is 2.37.